The Hall–Kier alpha value is -3.83. The van der Waals surface area contributed by atoms with Crippen molar-refractivity contribution in [3.8, 4) is 28.3 Å². The zero-order valence-electron chi connectivity index (χ0n) is 16.5. The molecule has 5 aromatic rings. The van der Waals surface area contributed by atoms with E-state index in [1.807, 2.05) is 30.3 Å². The van der Waals surface area contributed by atoms with E-state index in [0.717, 1.165) is 17.0 Å². The molecule has 0 unspecified atom stereocenters. The summed E-state index contributed by atoms with van der Waals surface area (Å²) in [4.78, 5) is 2.15. The number of alkyl halides is 3. The molecule has 2 aromatic heterocycles. The van der Waals surface area contributed by atoms with Crippen molar-refractivity contribution in [2.24, 2.45) is 0 Å². The molecule has 0 amide bonds. The monoisotopic (exact) mass is 472 g/mol. The molecule has 0 aliphatic heterocycles. The Labute approximate surface area is 184 Å². The Morgan fingerprint density at radius 1 is 0.939 bits per heavy atom. The Balaban J connectivity index is 1.71. The third-order valence-electron chi connectivity index (χ3n) is 5.12. The van der Waals surface area contributed by atoms with Crippen molar-refractivity contribution in [3.05, 3.63) is 66.7 Å². The molecule has 0 saturated carbocycles. The zero-order chi connectivity index (χ0) is 23.4. The fraction of sp³-hybridized carbons (Fsp3) is 0.0455. The summed E-state index contributed by atoms with van der Waals surface area (Å²) in [6.45, 7) is 0. The minimum absolute atomic E-state index is 0.199. The molecule has 168 valence electrons. The summed E-state index contributed by atoms with van der Waals surface area (Å²) in [6, 6.07) is 17.3. The number of ether oxygens (including phenoxy) is 1. The molecule has 5 rings (SSSR count). The highest BCUT2D eigenvalue weighted by Gasteiger charge is 2.34. The second kappa shape index (κ2) is 7.36. The van der Waals surface area contributed by atoms with Crippen molar-refractivity contribution in [1.29, 1.82) is 0 Å². The lowest BCUT2D eigenvalue weighted by Crippen LogP contribution is -2.19. The highest BCUT2D eigenvalue weighted by atomic mass is 32.2. The smallest absolute Gasteiger partial charge is 0.573 e. The van der Waals surface area contributed by atoms with Gasteiger partial charge in [0.25, 0.3) is 0 Å². The Morgan fingerprint density at radius 3 is 2.45 bits per heavy atom. The molecule has 11 heteroatoms. The molecule has 0 bridgehead atoms. The van der Waals surface area contributed by atoms with Gasteiger partial charge >= 0.3 is 6.36 Å². The molecule has 2 heterocycles. The van der Waals surface area contributed by atoms with Gasteiger partial charge in [-0.05, 0) is 35.9 Å². The van der Waals surface area contributed by atoms with Crippen LogP contribution < -0.4 is 4.74 Å². The van der Waals surface area contributed by atoms with Crippen LogP contribution in [0.25, 0.3) is 44.3 Å². The molecule has 0 atom stereocenters. The number of fused-ring (bicyclic) bond motifs is 2. The van der Waals surface area contributed by atoms with Gasteiger partial charge in [0.05, 0.1) is 16.1 Å². The van der Waals surface area contributed by atoms with Crippen LogP contribution in [0.15, 0.2) is 71.6 Å². The summed E-state index contributed by atoms with van der Waals surface area (Å²) >= 11 is 0. The number of aromatic nitrogens is 3. The molecule has 0 fully saturated rings. The minimum atomic E-state index is -5.23. The standard InChI is InChI=1S/C22H14F3N3O4S/c23-22(24,25)32-21-14(5-3-7-19(21)33(29,30)31)12-8-9-17-15(10-12)20(28-27-17)18-11-13-4-1-2-6-16(13)26-18/h1-11,26H,(H,27,28)(H,29,30,31)/p-1. The van der Waals surface area contributed by atoms with E-state index in [2.05, 4.69) is 19.9 Å². The predicted octanol–water partition coefficient (Wildman–Crippen LogP) is 5.18. The fourth-order valence-corrected chi connectivity index (χ4v) is 4.37. The van der Waals surface area contributed by atoms with Gasteiger partial charge in [-0.25, -0.2) is 8.42 Å². The lowest BCUT2D eigenvalue weighted by atomic mass is 10.0. The third kappa shape index (κ3) is 3.92. The molecule has 2 N–H and O–H groups in total. The van der Waals surface area contributed by atoms with Crippen LogP contribution in [-0.2, 0) is 10.1 Å². The average Bonchev–Trinajstić information content (AvgIpc) is 3.35. The van der Waals surface area contributed by atoms with Gasteiger partial charge in [0, 0.05) is 21.9 Å². The minimum Gasteiger partial charge on any atom is -0.744 e. The maximum atomic E-state index is 13.1. The normalized spacial score (nSPS) is 12.5. The molecule has 0 aliphatic rings. The summed E-state index contributed by atoms with van der Waals surface area (Å²) in [6.07, 6.45) is -5.20. The van der Waals surface area contributed by atoms with Crippen molar-refractivity contribution in [1.82, 2.24) is 15.2 Å². The largest absolute Gasteiger partial charge is 0.744 e. The number of aromatic amines is 2. The van der Waals surface area contributed by atoms with E-state index >= 15 is 0 Å². The second-order valence-electron chi connectivity index (χ2n) is 7.24. The van der Waals surface area contributed by atoms with Crippen molar-refractivity contribution in [3.63, 3.8) is 0 Å². The van der Waals surface area contributed by atoms with Crippen LogP contribution in [0.1, 0.15) is 0 Å². The van der Waals surface area contributed by atoms with Gasteiger partial charge in [0.15, 0.2) is 5.75 Å². The van der Waals surface area contributed by atoms with E-state index in [1.165, 1.54) is 18.2 Å². The van der Waals surface area contributed by atoms with E-state index < -0.39 is 27.1 Å². The number of rotatable bonds is 4. The summed E-state index contributed by atoms with van der Waals surface area (Å²) in [5.74, 6) is -1.07. The van der Waals surface area contributed by atoms with Gasteiger partial charge in [-0.2, -0.15) is 5.10 Å². The van der Waals surface area contributed by atoms with Crippen molar-refractivity contribution in [2.75, 3.05) is 0 Å². The lowest BCUT2D eigenvalue weighted by molar-refractivity contribution is -0.275. The van der Waals surface area contributed by atoms with Crippen LogP contribution >= 0.6 is 0 Å². The van der Waals surface area contributed by atoms with Gasteiger partial charge in [0.1, 0.15) is 15.8 Å². The molecule has 33 heavy (non-hydrogen) atoms. The Kier molecular flexibility index (Phi) is 4.69. The molecule has 0 radical (unpaired) electrons. The summed E-state index contributed by atoms with van der Waals surface area (Å²) < 4.78 is 77.9. The second-order valence-corrected chi connectivity index (χ2v) is 8.59. The van der Waals surface area contributed by atoms with Gasteiger partial charge in [0.2, 0.25) is 0 Å². The zero-order valence-corrected chi connectivity index (χ0v) is 17.3. The van der Waals surface area contributed by atoms with Gasteiger partial charge in [-0.1, -0.05) is 36.4 Å². The quantitative estimate of drug-likeness (QED) is 0.350. The van der Waals surface area contributed by atoms with Gasteiger partial charge in [-0.3, -0.25) is 5.10 Å². The number of nitrogens with zero attached hydrogens (tertiary/aromatic N) is 1. The molecule has 0 saturated heterocycles. The first-order valence-corrected chi connectivity index (χ1v) is 10.9. The molecule has 7 nitrogen and oxygen atoms in total. The van der Waals surface area contributed by atoms with Crippen LogP contribution in [0.5, 0.6) is 5.75 Å². The summed E-state index contributed by atoms with van der Waals surface area (Å²) in [7, 11) is -5.23. The van der Waals surface area contributed by atoms with Crippen LogP contribution in [0.2, 0.25) is 0 Å². The van der Waals surface area contributed by atoms with Crippen LogP contribution in [-0.4, -0.2) is 34.5 Å². The molecular weight excluding hydrogens is 459 g/mol. The number of hydrogen-bond acceptors (Lipinski definition) is 5. The van der Waals surface area contributed by atoms with Gasteiger partial charge < -0.3 is 14.3 Å². The number of H-pyrrole nitrogens is 2. The summed E-state index contributed by atoms with van der Waals surface area (Å²) in [5.41, 5.74) is 2.71. The summed E-state index contributed by atoms with van der Waals surface area (Å²) in [5, 5.41) is 8.72. The molecular formula is C22H13F3N3O4S-. The maximum Gasteiger partial charge on any atom is 0.573 e. The van der Waals surface area contributed by atoms with E-state index in [-0.39, 0.29) is 11.1 Å². The number of nitrogens with one attached hydrogen (secondary N) is 2. The first-order chi connectivity index (χ1) is 15.6. The maximum absolute atomic E-state index is 13.1. The van der Waals surface area contributed by atoms with E-state index in [9.17, 15) is 26.1 Å². The highest BCUT2D eigenvalue weighted by Crippen LogP contribution is 2.40. The number of hydrogen-bond donors (Lipinski definition) is 2. The van der Waals surface area contributed by atoms with Crippen LogP contribution in [0.4, 0.5) is 13.2 Å². The van der Waals surface area contributed by atoms with Crippen molar-refractivity contribution >= 4 is 31.9 Å². The molecule has 3 aromatic carbocycles. The van der Waals surface area contributed by atoms with Crippen molar-refractivity contribution in [2.45, 2.75) is 11.3 Å². The first kappa shape index (κ1) is 21.0. The highest BCUT2D eigenvalue weighted by molar-refractivity contribution is 7.85. The topological polar surface area (TPSA) is 111 Å². The van der Waals surface area contributed by atoms with Crippen molar-refractivity contribution < 1.29 is 30.9 Å². The van der Waals surface area contributed by atoms with E-state index in [1.54, 1.807) is 12.1 Å². The van der Waals surface area contributed by atoms with Crippen LogP contribution in [0, 0.1) is 0 Å². The third-order valence-corrected chi connectivity index (χ3v) is 5.99. The SMILES string of the molecule is O=S(=O)([O-])c1cccc(-c2ccc3[nH]nc(-c4cc5ccccc5[nH]4)c3c2)c1OC(F)(F)F. The number of halogens is 3. The molecule has 0 aliphatic carbocycles. The van der Waals surface area contributed by atoms with E-state index in [0.29, 0.717) is 22.3 Å². The van der Waals surface area contributed by atoms with E-state index in [4.69, 9.17) is 0 Å². The number of para-hydroxylation sites is 2. The van der Waals surface area contributed by atoms with Gasteiger partial charge in [-0.15, -0.1) is 13.2 Å². The predicted molar refractivity (Wildman–Crippen MR) is 113 cm³/mol. The first-order valence-electron chi connectivity index (χ1n) is 9.51. The number of benzene rings is 3. The molecule has 0 spiro atoms. The fourth-order valence-electron chi connectivity index (χ4n) is 3.75. The van der Waals surface area contributed by atoms with Crippen LogP contribution in [0.3, 0.4) is 0 Å². The average molecular weight is 472 g/mol. The Bertz CT molecular complexity index is 1590. The lowest BCUT2D eigenvalue weighted by Gasteiger charge is -2.19. The Morgan fingerprint density at radius 2 is 1.73 bits per heavy atom.